The van der Waals surface area contributed by atoms with E-state index < -0.39 is 0 Å². The quantitative estimate of drug-likeness (QED) is 0.757. The van der Waals surface area contributed by atoms with Gasteiger partial charge in [-0.25, -0.2) is 0 Å². The van der Waals surface area contributed by atoms with Crippen LogP contribution < -0.4 is 5.73 Å². The van der Waals surface area contributed by atoms with Crippen LogP contribution in [0, 0.1) is 0 Å². The molecule has 0 aliphatic heterocycles. The highest BCUT2D eigenvalue weighted by Crippen LogP contribution is 2.29. The Morgan fingerprint density at radius 3 is 2.58 bits per heavy atom. The lowest BCUT2D eigenvalue weighted by Gasteiger charge is -2.35. The Hall–Kier alpha value is -0.420. The van der Waals surface area contributed by atoms with E-state index in [1.807, 2.05) is 11.3 Å². The van der Waals surface area contributed by atoms with Crippen molar-refractivity contribution in [3.63, 3.8) is 0 Å². The first kappa shape index (κ1) is 16.6. The van der Waals surface area contributed by atoms with Crippen molar-refractivity contribution in [2.75, 3.05) is 26.8 Å². The van der Waals surface area contributed by atoms with E-state index in [1.54, 1.807) is 7.11 Å². The van der Waals surface area contributed by atoms with Crippen LogP contribution in [0.15, 0.2) is 12.1 Å². The molecule has 2 atom stereocenters. The second-order valence-corrected chi connectivity index (χ2v) is 6.10. The zero-order chi connectivity index (χ0) is 14.3. The van der Waals surface area contributed by atoms with Gasteiger partial charge in [0.25, 0.3) is 0 Å². The van der Waals surface area contributed by atoms with Crippen LogP contribution in [-0.4, -0.2) is 37.7 Å². The first-order valence-corrected chi connectivity index (χ1v) is 8.02. The SMILES string of the molecule is CCc1ccc(C(CN)N(CCOC)C(C)CC)s1. The number of nitrogens with zero attached hydrogens (tertiary/aromatic N) is 1. The molecule has 0 amide bonds. The van der Waals surface area contributed by atoms with E-state index in [2.05, 4.69) is 37.8 Å². The summed E-state index contributed by atoms with van der Waals surface area (Å²) in [6.07, 6.45) is 2.23. The number of aryl methyl sites for hydroxylation is 1. The first-order chi connectivity index (χ1) is 9.17. The molecule has 0 spiro atoms. The smallest absolute Gasteiger partial charge is 0.0590 e. The second kappa shape index (κ2) is 8.69. The van der Waals surface area contributed by atoms with Crippen molar-refractivity contribution >= 4 is 11.3 Å². The van der Waals surface area contributed by atoms with Gasteiger partial charge >= 0.3 is 0 Å². The Kier molecular flexibility index (Phi) is 7.61. The molecule has 1 aromatic rings. The van der Waals surface area contributed by atoms with Crippen LogP contribution in [-0.2, 0) is 11.2 Å². The lowest BCUT2D eigenvalue weighted by Crippen LogP contribution is -2.41. The summed E-state index contributed by atoms with van der Waals surface area (Å²) in [6.45, 7) is 9.05. The lowest BCUT2D eigenvalue weighted by atomic mass is 10.1. The topological polar surface area (TPSA) is 38.5 Å². The van der Waals surface area contributed by atoms with Gasteiger partial charge in [-0.3, -0.25) is 4.90 Å². The molecule has 110 valence electrons. The molecule has 0 aliphatic carbocycles. The van der Waals surface area contributed by atoms with E-state index >= 15 is 0 Å². The number of hydrogen-bond donors (Lipinski definition) is 1. The molecule has 2 unspecified atom stereocenters. The van der Waals surface area contributed by atoms with E-state index in [-0.39, 0.29) is 0 Å². The largest absolute Gasteiger partial charge is 0.383 e. The predicted octanol–water partition coefficient (Wildman–Crippen LogP) is 3.06. The molecule has 0 radical (unpaired) electrons. The number of thiophene rings is 1. The summed E-state index contributed by atoms with van der Waals surface area (Å²) in [5, 5.41) is 0. The van der Waals surface area contributed by atoms with Crippen LogP contribution >= 0.6 is 11.3 Å². The molecular weight excluding hydrogens is 256 g/mol. The predicted molar refractivity (Wildman–Crippen MR) is 83.8 cm³/mol. The summed E-state index contributed by atoms with van der Waals surface area (Å²) in [5.41, 5.74) is 6.04. The third-order valence-corrected chi connectivity index (χ3v) is 5.02. The summed E-state index contributed by atoms with van der Waals surface area (Å²) in [7, 11) is 1.76. The third kappa shape index (κ3) is 4.56. The van der Waals surface area contributed by atoms with Gasteiger partial charge in [0, 0.05) is 36.0 Å². The average molecular weight is 284 g/mol. The second-order valence-electron chi connectivity index (χ2n) is 4.90. The number of rotatable bonds is 9. The number of hydrogen-bond acceptors (Lipinski definition) is 4. The van der Waals surface area contributed by atoms with E-state index in [0.717, 1.165) is 26.0 Å². The van der Waals surface area contributed by atoms with Crippen molar-refractivity contribution in [1.29, 1.82) is 0 Å². The normalized spacial score (nSPS) is 14.8. The van der Waals surface area contributed by atoms with Crippen molar-refractivity contribution in [3.05, 3.63) is 21.9 Å². The molecule has 1 rings (SSSR count). The Bertz CT molecular complexity index is 354. The van der Waals surface area contributed by atoms with Gasteiger partial charge in [-0.1, -0.05) is 13.8 Å². The fourth-order valence-electron chi connectivity index (χ4n) is 2.29. The van der Waals surface area contributed by atoms with Gasteiger partial charge in [-0.05, 0) is 31.9 Å². The van der Waals surface area contributed by atoms with Crippen molar-refractivity contribution in [1.82, 2.24) is 4.90 Å². The molecule has 4 heteroatoms. The lowest BCUT2D eigenvalue weighted by molar-refractivity contribution is 0.0915. The third-order valence-electron chi connectivity index (χ3n) is 3.69. The van der Waals surface area contributed by atoms with Crippen LogP contribution in [0.2, 0.25) is 0 Å². The van der Waals surface area contributed by atoms with Crippen LogP contribution in [0.4, 0.5) is 0 Å². The maximum atomic E-state index is 6.04. The minimum absolute atomic E-state index is 0.315. The highest BCUT2D eigenvalue weighted by molar-refractivity contribution is 7.12. The summed E-state index contributed by atoms with van der Waals surface area (Å²) in [5.74, 6) is 0. The standard InChI is InChI=1S/C15H28N2OS/c1-5-12(3)17(9-10-18-4)14(11-16)15-8-7-13(6-2)19-15/h7-8,12,14H,5-6,9-11,16H2,1-4H3. The molecule has 0 saturated heterocycles. The zero-order valence-corrected chi connectivity index (χ0v) is 13.5. The zero-order valence-electron chi connectivity index (χ0n) is 12.7. The van der Waals surface area contributed by atoms with E-state index in [0.29, 0.717) is 18.6 Å². The number of nitrogens with two attached hydrogens (primary N) is 1. The van der Waals surface area contributed by atoms with Gasteiger partial charge in [-0.2, -0.15) is 0 Å². The van der Waals surface area contributed by atoms with Crippen molar-refractivity contribution in [2.45, 2.75) is 45.7 Å². The molecule has 0 aliphatic rings. The van der Waals surface area contributed by atoms with Gasteiger partial charge in [0.2, 0.25) is 0 Å². The summed E-state index contributed by atoms with van der Waals surface area (Å²) < 4.78 is 5.24. The summed E-state index contributed by atoms with van der Waals surface area (Å²) in [6, 6.07) is 5.31. The van der Waals surface area contributed by atoms with Crippen molar-refractivity contribution in [2.24, 2.45) is 5.73 Å². The minimum atomic E-state index is 0.315. The van der Waals surface area contributed by atoms with Crippen LogP contribution in [0.3, 0.4) is 0 Å². The molecule has 1 heterocycles. The molecule has 1 aromatic heterocycles. The van der Waals surface area contributed by atoms with E-state index in [9.17, 15) is 0 Å². The molecule has 0 fully saturated rings. The van der Waals surface area contributed by atoms with Crippen molar-refractivity contribution < 1.29 is 4.74 Å². The van der Waals surface area contributed by atoms with Crippen LogP contribution in [0.1, 0.15) is 43.0 Å². The Morgan fingerprint density at radius 2 is 2.11 bits per heavy atom. The molecule has 0 aromatic carbocycles. The van der Waals surface area contributed by atoms with E-state index in [1.165, 1.54) is 9.75 Å². The van der Waals surface area contributed by atoms with Crippen molar-refractivity contribution in [3.8, 4) is 0 Å². The summed E-state index contributed by atoms with van der Waals surface area (Å²) >= 11 is 1.89. The Morgan fingerprint density at radius 1 is 1.37 bits per heavy atom. The Balaban J connectivity index is 2.87. The molecular formula is C15H28N2OS. The van der Waals surface area contributed by atoms with E-state index in [4.69, 9.17) is 10.5 Å². The highest BCUT2D eigenvalue weighted by atomic mass is 32.1. The van der Waals surface area contributed by atoms with Gasteiger partial charge < -0.3 is 10.5 Å². The molecule has 19 heavy (non-hydrogen) atoms. The fourth-order valence-corrected chi connectivity index (χ4v) is 3.38. The van der Waals surface area contributed by atoms with Gasteiger partial charge in [-0.15, -0.1) is 11.3 Å². The monoisotopic (exact) mass is 284 g/mol. The summed E-state index contributed by atoms with van der Waals surface area (Å²) in [4.78, 5) is 5.30. The van der Waals surface area contributed by atoms with Gasteiger partial charge in [0.05, 0.1) is 12.6 Å². The number of methoxy groups -OCH3 is 1. The minimum Gasteiger partial charge on any atom is -0.383 e. The molecule has 3 nitrogen and oxygen atoms in total. The van der Waals surface area contributed by atoms with Crippen LogP contribution in [0.25, 0.3) is 0 Å². The number of ether oxygens (including phenoxy) is 1. The van der Waals surface area contributed by atoms with Gasteiger partial charge in [0.1, 0.15) is 0 Å². The highest BCUT2D eigenvalue weighted by Gasteiger charge is 2.24. The molecule has 0 bridgehead atoms. The Labute approximate surface area is 121 Å². The average Bonchev–Trinajstić information content (AvgIpc) is 2.91. The molecule has 2 N–H and O–H groups in total. The van der Waals surface area contributed by atoms with Crippen LogP contribution in [0.5, 0.6) is 0 Å². The fraction of sp³-hybridized carbons (Fsp3) is 0.733. The molecule has 0 saturated carbocycles. The first-order valence-electron chi connectivity index (χ1n) is 7.21. The van der Waals surface area contributed by atoms with Gasteiger partial charge in [0.15, 0.2) is 0 Å². The maximum absolute atomic E-state index is 6.04. The maximum Gasteiger partial charge on any atom is 0.0590 e.